The summed E-state index contributed by atoms with van der Waals surface area (Å²) in [4.78, 5) is 11.5. The van der Waals surface area contributed by atoms with Crippen molar-refractivity contribution < 1.29 is 14.6 Å². The van der Waals surface area contributed by atoms with Gasteiger partial charge in [-0.15, -0.1) is 0 Å². The number of benzene rings is 1. The highest BCUT2D eigenvalue weighted by Crippen LogP contribution is 2.08. The molecule has 1 aromatic rings. The van der Waals surface area contributed by atoms with Crippen LogP contribution in [0.15, 0.2) is 24.3 Å². The fraction of sp³-hybridized carbons (Fsp3) is 0.500. The summed E-state index contributed by atoms with van der Waals surface area (Å²) in [6.07, 6.45) is 0. The van der Waals surface area contributed by atoms with E-state index in [0.29, 0.717) is 5.56 Å². The molecule has 0 aliphatic carbocycles. The van der Waals surface area contributed by atoms with E-state index in [1.54, 1.807) is 12.1 Å². The summed E-state index contributed by atoms with van der Waals surface area (Å²) in [5.41, 5.74) is 1.69. The normalized spacial score (nSPS) is 11.3. The molecule has 2 N–H and O–H groups in total. The van der Waals surface area contributed by atoms with Crippen molar-refractivity contribution in [3.63, 3.8) is 0 Å². The Labute approximate surface area is 108 Å². The van der Waals surface area contributed by atoms with Gasteiger partial charge in [0, 0.05) is 12.1 Å². The van der Waals surface area contributed by atoms with Gasteiger partial charge in [-0.05, 0) is 38.5 Å². The Morgan fingerprint density at radius 2 is 1.89 bits per heavy atom. The van der Waals surface area contributed by atoms with Crippen LogP contribution in [0.1, 0.15) is 36.7 Å². The van der Waals surface area contributed by atoms with E-state index in [9.17, 15) is 4.79 Å². The second-order valence-electron chi connectivity index (χ2n) is 5.16. The Kier molecular flexibility index (Phi) is 5.31. The minimum Gasteiger partial charge on any atom is -0.460 e. The van der Waals surface area contributed by atoms with Crippen molar-refractivity contribution >= 4 is 5.97 Å². The van der Waals surface area contributed by atoms with E-state index in [1.807, 2.05) is 12.1 Å². The van der Waals surface area contributed by atoms with Crippen molar-refractivity contribution in [2.45, 2.75) is 32.9 Å². The highest BCUT2D eigenvalue weighted by atomic mass is 16.5. The Hall–Kier alpha value is -1.39. The lowest BCUT2D eigenvalue weighted by atomic mass is 10.1. The highest BCUT2D eigenvalue weighted by Gasteiger charge is 2.09. The topological polar surface area (TPSA) is 58.6 Å². The number of rotatable bonds is 5. The first-order valence-electron chi connectivity index (χ1n) is 6.04. The zero-order valence-electron chi connectivity index (χ0n) is 11.2. The Morgan fingerprint density at radius 3 is 2.39 bits per heavy atom. The van der Waals surface area contributed by atoms with Crippen molar-refractivity contribution in [2.24, 2.45) is 0 Å². The number of nitrogens with one attached hydrogen (secondary N) is 1. The summed E-state index contributed by atoms with van der Waals surface area (Å²) in [7, 11) is 0. The van der Waals surface area contributed by atoms with Crippen LogP contribution in [0, 0.1) is 0 Å². The molecule has 0 spiro atoms. The molecular formula is C14H21NO3. The first kappa shape index (κ1) is 14.7. The van der Waals surface area contributed by atoms with Crippen LogP contribution in [0.25, 0.3) is 0 Å². The summed E-state index contributed by atoms with van der Waals surface area (Å²) in [6, 6.07) is 7.27. The second kappa shape index (κ2) is 6.52. The standard InChI is InChI=1S/C14H21NO3/c1-14(2,3)15-10-11-4-6-12(7-5-11)13(17)18-9-8-16/h4-7,15-16H,8-10H2,1-3H3. The molecule has 4 heteroatoms. The maximum absolute atomic E-state index is 11.5. The molecule has 0 bridgehead atoms. The quantitative estimate of drug-likeness (QED) is 0.782. The molecule has 0 aromatic heterocycles. The fourth-order valence-electron chi connectivity index (χ4n) is 1.35. The second-order valence-corrected chi connectivity index (χ2v) is 5.16. The molecule has 0 aliphatic heterocycles. The van der Waals surface area contributed by atoms with E-state index in [0.717, 1.165) is 12.1 Å². The number of carbonyl (C=O) groups is 1. The summed E-state index contributed by atoms with van der Waals surface area (Å²) in [6.45, 7) is 6.95. The lowest BCUT2D eigenvalue weighted by Crippen LogP contribution is -2.35. The number of aliphatic hydroxyl groups is 1. The van der Waals surface area contributed by atoms with Gasteiger partial charge in [0.1, 0.15) is 6.61 Å². The van der Waals surface area contributed by atoms with Crippen LogP contribution in [0.4, 0.5) is 0 Å². The maximum Gasteiger partial charge on any atom is 0.338 e. The van der Waals surface area contributed by atoms with E-state index in [-0.39, 0.29) is 18.8 Å². The van der Waals surface area contributed by atoms with Gasteiger partial charge in [-0.1, -0.05) is 12.1 Å². The van der Waals surface area contributed by atoms with Gasteiger partial charge >= 0.3 is 5.97 Å². The molecule has 0 amide bonds. The molecule has 0 fully saturated rings. The van der Waals surface area contributed by atoms with Crippen LogP contribution in [0.2, 0.25) is 0 Å². The average molecular weight is 251 g/mol. The molecule has 4 nitrogen and oxygen atoms in total. The number of ether oxygens (including phenoxy) is 1. The van der Waals surface area contributed by atoms with Gasteiger partial charge in [0.25, 0.3) is 0 Å². The van der Waals surface area contributed by atoms with E-state index >= 15 is 0 Å². The number of esters is 1. The van der Waals surface area contributed by atoms with Crippen molar-refractivity contribution in [2.75, 3.05) is 13.2 Å². The lowest BCUT2D eigenvalue weighted by molar-refractivity contribution is 0.0433. The van der Waals surface area contributed by atoms with E-state index in [1.165, 1.54) is 0 Å². The maximum atomic E-state index is 11.5. The number of hydrogen-bond acceptors (Lipinski definition) is 4. The van der Waals surface area contributed by atoms with Gasteiger partial charge in [0.2, 0.25) is 0 Å². The molecule has 0 saturated heterocycles. The Balaban J connectivity index is 2.54. The zero-order chi connectivity index (χ0) is 13.6. The smallest absolute Gasteiger partial charge is 0.338 e. The molecule has 100 valence electrons. The van der Waals surface area contributed by atoms with Crippen molar-refractivity contribution in [3.05, 3.63) is 35.4 Å². The monoisotopic (exact) mass is 251 g/mol. The van der Waals surface area contributed by atoms with Crippen LogP contribution in [-0.2, 0) is 11.3 Å². The third kappa shape index (κ3) is 5.29. The molecule has 0 unspecified atom stereocenters. The number of aliphatic hydroxyl groups excluding tert-OH is 1. The predicted octanol–water partition coefficient (Wildman–Crippen LogP) is 1.72. The summed E-state index contributed by atoms with van der Waals surface area (Å²) < 4.78 is 4.83. The molecular weight excluding hydrogens is 230 g/mol. The van der Waals surface area contributed by atoms with E-state index in [4.69, 9.17) is 9.84 Å². The summed E-state index contributed by atoms with van der Waals surface area (Å²) in [5.74, 6) is -0.403. The highest BCUT2D eigenvalue weighted by molar-refractivity contribution is 5.89. The first-order chi connectivity index (χ1) is 8.42. The molecule has 0 saturated carbocycles. The van der Waals surface area contributed by atoms with Crippen LogP contribution in [0.5, 0.6) is 0 Å². The number of carbonyl (C=O) groups excluding carboxylic acids is 1. The van der Waals surface area contributed by atoms with E-state index in [2.05, 4.69) is 26.1 Å². The van der Waals surface area contributed by atoms with Gasteiger partial charge in [-0.25, -0.2) is 4.79 Å². The largest absolute Gasteiger partial charge is 0.460 e. The van der Waals surface area contributed by atoms with Gasteiger partial charge < -0.3 is 15.2 Å². The van der Waals surface area contributed by atoms with Gasteiger partial charge in [0.05, 0.1) is 12.2 Å². The van der Waals surface area contributed by atoms with Crippen molar-refractivity contribution in [3.8, 4) is 0 Å². The van der Waals surface area contributed by atoms with Gasteiger partial charge in [-0.2, -0.15) is 0 Å². The predicted molar refractivity (Wildman–Crippen MR) is 70.4 cm³/mol. The Bertz CT molecular complexity index is 379. The van der Waals surface area contributed by atoms with Crippen LogP contribution in [-0.4, -0.2) is 29.8 Å². The third-order valence-electron chi connectivity index (χ3n) is 2.34. The minimum absolute atomic E-state index is 0.0339. The Morgan fingerprint density at radius 1 is 1.28 bits per heavy atom. The molecule has 0 radical (unpaired) electrons. The van der Waals surface area contributed by atoms with Gasteiger partial charge in [-0.3, -0.25) is 0 Å². The molecule has 1 rings (SSSR count). The zero-order valence-corrected chi connectivity index (χ0v) is 11.2. The van der Waals surface area contributed by atoms with Crippen molar-refractivity contribution in [1.29, 1.82) is 0 Å². The van der Waals surface area contributed by atoms with Crippen molar-refractivity contribution in [1.82, 2.24) is 5.32 Å². The molecule has 1 aromatic carbocycles. The van der Waals surface area contributed by atoms with Crippen LogP contribution in [0.3, 0.4) is 0 Å². The SMILES string of the molecule is CC(C)(C)NCc1ccc(C(=O)OCCO)cc1. The minimum atomic E-state index is -0.403. The molecule has 18 heavy (non-hydrogen) atoms. The molecule has 0 heterocycles. The molecule has 0 aliphatic rings. The van der Waals surface area contributed by atoms with E-state index < -0.39 is 5.97 Å². The third-order valence-corrected chi connectivity index (χ3v) is 2.34. The fourth-order valence-corrected chi connectivity index (χ4v) is 1.35. The molecule has 0 atom stereocenters. The van der Waals surface area contributed by atoms with Crippen LogP contribution >= 0.6 is 0 Å². The summed E-state index contributed by atoms with van der Waals surface area (Å²) in [5, 5.41) is 11.9. The average Bonchev–Trinajstić information content (AvgIpc) is 2.33. The number of hydrogen-bond donors (Lipinski definition) is 2. The summed E-state index contributed by atoms with van der Waals surface area (Å²) >= 11 is 0. The van der Waals surface area contributed by atoms with Crippen LogP contribution < -0.4 is 5.32 Å². The van der Waals surface area contributed by atoms with Gasteiger partial charge in [0.15, 0.2) is 0 Å². The first-order valence-corrected chi connectivity index (χ1v) is 6.04. The lowest BCUT2D eigenvalue weighted by Gasteiger charge is -2.20.